The molecule has 2 aliphatic rings. The molecule has 0 radical (unpaired) electrons. The first-order valence-corrected chi connectivity index (χ1v) is 5.42. The molecule has 72 valence electrons. The van der Waals surface area contributed by atoms with E-state index in [0.29, 0.717) is 12.2 Å². The van der Waals surface area contributed by atoms with Crippen LogP contribution >= 0.6 is 0 Å². The van der Waals surface area contributed by atoms with Gasteiger partial charge >= 0.3 is 0 Å². The summed E-state index contributed by atoms with van der Waals surface area (Å²) < 4.78 is 5.56. The summed E-state index contributed by atoms with van der Waals surface area (Å²) in [7, 11) is 0. The fourth-order valence-corrected chi connectivity index (χ4v) is 1.87. The maximum absolute atomic E-state index is 5.56. The summed E-state index contributed by atoms with van der Waals surface area (Å²) in [6, 6.07) is 0. The molecule has 0 amide bonds. The van der Waals surface area contributed by atoms with Crippen molar-refractivity contribution in [1.29, 1.82) is 0 Å². The lowest BCUT2D eigenvalue weighted by Crippen LogP contribution is -1.93. The molecular formula is C12H18O. The highest BCUT2D eigenvalue weighted by atomic mass is 16.6. The van der Waals surface area contributed by atoms with E-state index in [2.05, 4.69) is 24.3 Å². The lowest BCUT2D eigenvalue weighted by atomic mass is 10.1. The van der Waals surface area contributed by atoms with Crippen LogP contribution in [0.15, 0.2) is 24.3 Å². The smallest absolute Gasteiger partial charge is 0.0845 e. The molecule has 1 aliphatic heterocycles. The van der Waals surface area contributed by atoms with Gasteiger partial charge in [0.2, 0.25) is 0 Å². The SMILES string of the molecule is C1=C/CC[C@@H]2O[C@H]2CC/C=C/CC/1. The van der Waals surface area contributed by atoms with Gasteiger partial charge in [0.15, 0.2) is 0 Å². The fraction of sp³-hybridized carbons (Fsp3) is 0.667. The molecule has 1 fully saturated rings. The Hall–Kier alpha value is -0.560. The monoisotopic (exact) mass is 178 g/mol. The molecule has 0 bridgehead atoms. The van der Waals surface area contributed by atoms with Crippen LogP contribution in [0.4, 0.5) is 0 Å². The molecular weight excluding hydrogens is 160 g/mol. The number of rotatable bonds is 0. The lowest BCUT2D eigenvalue weighted by Gasteiger charge is -1.94. The van der Waals surface area contributed by atoms with Crippen LogP contribution in [0.3, 0.4) is 0 Å². The van der Waals surface area contributed by atoms with E-state index in [4.69, 9.17) is 4.74 Å². The van der Waals surface area contributed by atoms with Crippen LogP contribution in [0.25, 0.3) is 0 Å². The molecule has 13 heavy (non-hydrogen) atoms. The molecule has 2 atom stereocenters. The second-order valence-electron chi connectivity index (χ2n) is 3.89. The zero-order chi connectivity index (χ0) is 8.93. The number of ether oxygens (including phenoxy) is 1. The third-order valence-corrected chi connectivity index (χ3v) is 2.76. The molecule has 0 aromatic rings. The highest BCUT2D eigenvalue weighted by molar-refractivity contribution is 4.94. The van der Waals surface area contributed by atoms with E-state index >= 15 is 0 Å². The van der Waals surface area contributed by atoms with E-state index < -0.39 is 0 Å². The highest BCUT2D eigenvalue weighted by Gasteiger charge is 2.36. The fourth-order valence-electron chi connectivity index (χ4n) is 1.87. The Morgan fingerprint density at radius 1 is 0.692 bits per heavy atom. The van der Waals surface area contributed by atoms with Crippen LogP contribution in [0.5, 0.6) is 0 Å². The van der Waals surface area contributed by atoms with Gasteiger partial charge in [0.25, 0.3) is 0 Å². The normalized spacial score (nSPS) is 39.4. The lowest BCUT2D eigenvalue weighted by molar-refractivity contribution is 0.357. The summed E-state index contributed by atoms with van der Waals surface area (Å²) in [6.45, 7) is 0. The van der Waals surface area contributed by atoms with Crippen molar-refractivity contribution in [1.82, 2.24) is 0 Å². The second-order valence-corrected chi connectivity index (χ2v) is 3.89. The van der Waals surface area contributed by atoms with Gasteiger partial charge in [-0.3, -0.25) is 0 Å². The standard InChI is InChI=1S/C12H18O/c1-2-4-6-8-10-12-11(13-12)9-7-5-3-1/h3-6,11-12H,1-2,7-10H2/b5-3+,6-4+/t11-,12-/m0/s1. The van der Waals surface area contributed by atoms with Crippen molar-refractivity contribution >= 4 is 0 Å². The van der Waals surface area contributed by atoms with Gasteiger partial charge in [-0.2, -0.15) is 0 Å². The topological polar surface area (TPSA) is 12.5 Å². The average Bonchev–Trinajstić information content (AvgIpc) is 2.83. The second kappa shape index (κ2) is 4.61. The maximum Gasteiger partial charge on any atom is 0.0845 e. The largest absolute Gasteiger partial charge is 0.370 e. The van der Waals surface area contributed by atoms with Crippen molar-refractivity contribution in [3.63, 3.8) is 0 Å². The van der Waals surface area contributed by atoms with Crippen LogP contribution in [0.2, 0.25) is 0 Å². The molecule has 0 N–H and O–H groups in total. The molecule has 0 aromatic heterocycles. The van der Waals surface area contributed by atoms with Crippen LogP contribution < -0.4 is 0 Å². The van der Waals surface area contributed by atoms with E-state index in [-0.39, 0.29) is 0 Å². The van der Waals surface area contributed by atoms with Gasteiger partial charge < -0.3 is 4.74 Å². The summed E-state index contributed by atoms with van der Waals surface area (Å²) >= 11 is 0. The van der Waals surface area contributed by atoms with Gasteiger partial charge in [-0.15, -0.1) is 0 Å². The number of fused-ring (bicyclic) bond motifs is 1. The number of hydrogen-bond acceptors (Lipinski definition) is 1. The molecule has 2 rings (SSSR count). The van der Waals surface area contributed by atoms with E-state index in [9.17, 15) is 0 Å². The van der Waals surface area contributed by atoms with Crippen molar-refractivity contribution < 1.29 is 4.74 Å². The Balaban J connectivity index is 1.80. The number of epoxide rings is 1. The first kappa shape index (κ1) is 9.01. The third kappa shape index (κ3) is 3.00. The van der Waals surface area contributed by atoms with E-state index in [0.717, 1.165) is 0 Å². The van der Waals surface area contributed by atoms with Crippen molar-refractivity contribution in [2.45, 2.75) is 50.7 Å². The summed E-state index contributed by atoms with van der Waals surface area (Å²) in [5, 5.41) is 0. The molecule has 0 unspecified atom stereocenters. The Morgan fingerprint density at radius 2 is 1.15 bits per heavy atom. The van der Waals surface area contributed by atoms with Gasteiger partial charge in [0.1, 0.15) is 0 Å². The van der Waals surface area contributed by atoms with E-state index in [1.807, 2.05) is 0 Å². The van der Waals surface area contributed by atoms with Crippen molar-refractivity contribution in [3.05, 3.63) is 24.3 Å². The molecule has 1 aliphatic carbocycles. The highest BCUT2D eigenvalue weighted by Crippen LogP contribution is 2.30. The Kier molecular flexibility index (Phi) is 3.20. The molecule has 0 spiro atoms. The summed E-state index contributed by atoms with van der Waals surface area (Å²) in [4.78, 5) is 0. The quantitative estimate of drug-likeness (QED) is 0.410. The molecule has 1 nitrogen and oxygen atoms in total. The Bertz CT molecular complexity index is 183. The van der Waals surface area contributed by atoms with E-state index in [1.165, 1.54) is 38.5 Å². The van der Waals surface area contributed by atoms with Gasteiger partial charge in [-0.25, -0.2) is 0 Å². The summed E-state index contributed by atoms with van der Waals surface area (Å²) in [6.07, 6.45) is 17.6. The Labute approximate surface area is 80.5 Å². The molecule has 1 heterocycles. The van der Waals surface area contributed by atoms with Crippen molar-refractivity contribution in [3.8, 4) is 0 Å². The van der Waals surface area contributed by atoms with Crippen molar-refractivity contribution in [2.75, 3.05) is 0 Å². The molecule has 1 saturated heterocycles. The zero-order valence-corrected chi connectivity index (χ0v) is 8.11. The molecule has 1 heteroatoms. The van der Waals surface area contributed by atoms with Crippen LogP contribution in [-0.4, -0.2) is 12.2 Å². The van der Waals surface area contributed by atoms with Gasteiger partial charge in [0, 0.05) is 0 Å². The van der Waals surface area contributed by atoms with Crippen molar-refractivity contribution in [2.24, 2.45) is 0 Å². The van der Waals surface area contributed by atoms with Crippen LogP contribution in [0, 0.1) is 0 Å². The number of hydrogen-bond donors (Lipinski definition) is 0. The minimum absolute atomic E-state index is 0.581. The first-order chi connectivity index (χ1) is 6.47. The predicted octanol–water partition coefficient (Wildman–Crippen LogP) is 3.22. The predicted molar refractivity (Wildman–Crippen MR) is 54.6 cm³/mol. The van der Waals surface area contributed by atoms with E-state index in [1.54, 1.807) is 0 Å². The number of allylic oxidation sites excluding steroid dienone is 4. The first-order valence-electron chi connectivity index (χ1n) is 5.42. The molecule has 0 saturated carbocycles. The zero-order valence-electron chi connectivity index (χ0n) is 8.11. The van der Waals surface area contributed by atoms with Crippen LogP contribution in [0.1, 0.15) is 38.5 Å². The minimum Gasteiger partial charge on any atom is -0.370 e. The summed E-state index contributed by atoms with van der Waals surface area (Å²) in [5.41, 5.74) is 0. The van der Waals surface area contributed by atoms with Gasteiger partial charge in [0.05, 0.1) is 12.2 Å². The molecule has 0 aromatic carbocycles. The maximum atomic E-state index is 5.56. The van der Waals surface area contributed by atoms with Gasteiger partial charge in [-0.05, 0) is 38.5 Å². The third-order valence-electron chi connectivity index (χ3n) is 2.76. The van der Waals surface area contributed by atoms with Gasteiger partial charge in [-0.1, -0.05) is 24.3 Å². The minimum atomic E-state index is 0.581. The van der Waals surface area contributed by atoms with Crippen LogP contribution in [-0.2, 0) is 4.74 Å². The average molecular weight is 178 g/mol. The summed E-state index contributed by atoms with van der Waals surface area (Å²) in [5.74, 6) is 0. The Morgan fingerprint density at radius 3 is 1.69 bits per heavy atom.